The Morgan fingerprint density at radius 3 is 2.14 bits per heavy atom. The van der Waals surface area contributed by atoms with E-state index >= 15 is 0 Å². The van der Waals surface area contributed by atoms with Crippen molar-refractivity contribution in [3.05, 3.63) is 72.3 Å². The Bertz CT molecular complexity index is 760. The van der Waals surface area contributed by atoms with Crippen molar-refractivity contribution in [2.24, 2.45) is 0 Å². The number of aliphatic carboxylic acids is 1. The van der Waals surface area contributed by atoms with E-state index in [-0.39, 0.29) is 6.61 Å². The largest absolute Gasteiger partial charge is 0.481 e. The van der Waals surface area contributed by atoms with Gasteiger partial charge in [0, 0.05) is 6.92 Å². The Morgan fingerprint density at radius 2 is 1.50 bits per heavy atom. The summed E-state index contributed by atoms with van der Waals surface area (Å²) >= 11 is 0. The van der Waals surface area contributed by atoms with Gasteiger partial charge in [-0.3, -0.25) is 4.79 Å². The molecule has 3 rings (SSSR count). The number of hydrogen-bond donors (Lipinski definition) is 2. The van der Waals surface area contributed by atoms with Crippen LogP contribution in [-0.4, -0.2) is 16.2 Å². The molecule has 0 atom stereocenters. The Kier molecular flexibility index (Phi) is 5.28. The van der Waals surface area contributed by atoms with Crippen molar-refractivity contribution in [1.29, 1.82) is 0 Å². The molecule has 2 N–H and O–H groups in total. The van der Waals surface area contributed by atoms with E-state index in [0.29, 0.717) is 0 Å². The van der Waals surface area contributed by atoms with E-state index in [9.17, 15) is 5.11 Å². The smallest absolute Gasteiger partial charge is 0.300 e. The van der Waals surface area contributed by atoms with Crippen molar-refractivity contribution in [3.63, 3.8) is 0 Å². The van der Waals surface area contributed by atoms with E-state index in [1.807, 2.05) is 30.3 Å². The second-order valence-electron chi connectivity index (χ2n) is 4.86. The molecular weight excluding hydrogens is 276 g/mol. The maximum atomic E-state index is 9.68. The number of rotatable bonds is 2. The second kappa shape index (κ2) is 7.38. The Morgan fingerprint density at radius 1 is 0.909 bits per heavy atom. The van der Waals surface area contributed by atoms with E-state index in [2.05, 4.69) is 36.4 Å². The predicted molar refractivity (Wildman–Crippen MR) is 88.6 cm³/mol. The summed E-state index contributed by atoms with van der Waals surface area (Å²) < 4.78 is 0. The van der Waals surface area contributed by atoms with Crippen LogP contribution in [0.2, 0.25) is 0 Å². The minimum atomic E-state index is -0.833. The van der Waals surface area contributed by atoms with Gasteiger partial charge in [-0.1, -0.05) is 66.7 Å². The maximum Gasteiger partial charge on any atom is 0.300 e. The highest BCUT2D eigenvalue weighted by Gasteiger charge is 2.07. The summed E-state index contributed by atoms with van der Waals surface area (Å²) in [5, 5.41) is 19.4. The van der Waals surface area contributed by atoms with Crippen molar-refractivity contribution in [2.75, 3.05) is 0 Å². The summed E-state index contributed by atoms with van der Waals surface area (Å²) in [6.45, 7) is 1.14. The molecule has 0 heterocycles. The molecule has 3 aromatic rings. The minimum Gasteiger partial charge on any atom is -0.481 e. The van der Waals surface area contributed by atoms with Gasteiger partial charge in [0.15, 0.2) is 0 Å². The number of hydrogen-bond acceptors (Lipinski definition) is 2. The van der Waals surface area contributed by atoms with Crippen LogP contribution in [0.1, 0.15) is 12.5 Å². The fourth-order valence-electron chi connectivity index (χ4n) is 2.39. The molecule has 0 saturated carbocycles. The fourth-order valence-corrected chi connectivity index (χ4v) is 2.39. The maximum absolute atomic E-state index is 9.68. The molecule has 3 nitrogen and oxygen atoms in total. The molecule has 0 amide bonds. The zero-order chi connectivity index (χ0) is 15.9. The van der Waals surface area contributed by atoms with Gasteiger partial charge in [0.1, 0.15) is 0 Å². The molecule has 0 unspecified atom stereocenters. The summed E-state index contributed by atoms with van der Waals surface area (Å²) in [4.78, 5) is 9.00. The molecular formula is C19H18O3. The number of carboxylic acid groups (broad SMARTS) is 1. The lowest BCUT2D eigenvalue weighted by Gasteiger charge is -2.11. The molecule has 3 aromatic carbocycles. The van der Waals surface area contributed by atoms with Gasteiger partial charge >= 0.3 is 0 Å². The molecule has 3 heteroatoms. The van der Waals surface area contributed by atoms with Gasteiger partial charge < -0.3 is 10.2 Å². The summed E-state index contributed by atoms with van der Waals surface area (Å²) in [5.41, 5.74) is 3.25. The first-order valence-electron chi connectivity index (χ1n) is 7.00. The third-order valence-electron chi connectivity index (χ3n) is 3.28. The van der Waals surface area contributed by atoms with Crippen molar-refractivity contribution < 1.29 is 15.0 Å². The van der Waals surface area contributed by atoms with Crippen molar-refractivity contribution in [2.45, 2.75) is 13.5 Å². The predicted octanol–water partition coefficient (Wildman–Crippen LogP) is 4.09. The lowest BCUT2D eigenvalue weighted by Crippen LogP contribution is -1.91. The van der Waals surface area contributed by atoms with Crippen LogP contribution in [0.15, 0.2) is 66.7 Å². The van der Waals surface area contributed by atoms with Crippen LogP contribution in [0.5, 0.6) is 0 Å². The van der Waals surface area contributed by atoms with Crippen molar-refractivity contribution in [3.8, 4) is 11.1 Å². The Labute approximate surface area is 129 Å². The van der Waals surface area contributed by atoms with E-state index < -0.39 is 5.97 Å². The van der Waals surface area contributed by atoms with E-state index in [4.69, 9.17) is 9.90 Å². The van der Waals surface area contributed by atoms with E-state index in [1.165, 1.54) is 5.39 Å². The first-order chi connectivity index (χ1) is 10.6. The van der Waals surface area contributed by atoms with Gasteiger partial charge in [0.05, 0.1) is 6.61 Å². The van der Waals surface area contributed by atoms with Gasteiger partial charge in [-0.15, -0.1) is 0 Å². The van der Waals surface area contributed by atoms with E-state index in [1.54, 1.807) is 0 Å². The molecule has 0 aliphatic carbocycles. The molecule has 0 aromatic heterocycles. The van der Waals surface area contributed by atoms with Crippen molar-refractivity contribution in [1.82, 2.24) is 0 Å². The molecule has 112 valence electrons. The molecule has 0 aliphatic heterocycles. The Balaban J connectivity index is 0.000000396. The second-order valence-corrected chi connectivity index (χ2v) is 4.86. The van der Waals surface area contributed by atoms with Crippen LogP contribution >= 0.6 is 0 Å². The molecule has 22 heavy (non-hydrogen) atoms. The number of aliphatic hydroxyl groups is 1. The summed E-state index contributed by atoms with van der Waals surface area (Å²) in [7, 11) is 0. The van der Waals surface area contributed by atoms with Crippen LogP contribution in [0, 0.1) is 0 Å². The number of fused-ring (bicyclic) bond motifs is 1. The van der Waals surface area contributed by atoms with Crippen LogP contribution in [0.3, 0.4) is 0 Å². The average molecular weight is 294 g/mol. The topological polar surface area (TPSA) is 57.5 Å². The lowest BCUT2D eigenvalue weighted by molar-refractivity contribution is -0.134. The normalized spacial score (nSPS) is 9.91. The van der Waals surface area contributed by atoms with Crippen LogP contribution < -0.4 is 0 Å². The van der Waals surface area contributed by atoms with Gasteiger partial charge in [-0.25, -0.2) is 0 Å². The third-order valence-corrected chi connectivity index (χ3v) is 3.28. The molecule has 0 radical (unpaired) electrons. The fraction of sp³-hybridized carbons (Fsp3) is 0.105. The molecule has 0 bridgehead atoms. The standard InChI is InChI=1S/C17H14O.C2H4O2/c18-12-17-15-9-5-4-8-14(15)10-11-16(17)13-6-2-1-3-7-13;1-2(3)4/h1-11,18H,12H2;1H3,(H,3,4). The van der Waals surface area contributed by atoms with Gasteiger partial charge in [0.25, 0.3) is 5.97 Å². The summed E-state index contributed by atoms with van der Waals surface area (Å²) in [5.74, 6) is -0.833. The summed E-state index contributed by atoms with van der Waals surface area (Å²) in [6.07, 6.45) is 0. The number of carbonyl (C=O) groups is 1. The first-order valence-corrected chi connectivity index (χ1v) is 7.00. The monoisotopic (exact) mass is 294 g/mol. The quantitative estimate of drug-likeness (QED) is 0.748. The van der Waals surface area contributed by atoms with Gasteiger partial charge in [0.2, 0.25) is 0 Å². The zero-order valence-electron chi connectivity index (χ0n) is 12.4. The van der Waals surface area contributed by atoms with Crippen LogP contribution in [0.4, 0.5) is 0 Å². The van der Waals surface area contributed by atoms with Crippen LogP contribution in [0.25, 0.3) is 21.9 Å². The SMILES string of the molecule is CC(=O)O.OCc1c(-c2ccccc2)ccc2ccccc12. The average Bonchev–Trinajstić information content (AvgIpc) is 2.54. The number of aliphatic hydroxyl groups excluding tert-OH is 1. The van der Waals surface area contributed by atoms with Gasteiger partial charge in [-0.05, 0) is 27.5 Å². The highest BCUT2D eigenvalue weighted by atomic mass is 16.4. The Hall–Kier alpha value is -2.65. The zero-order valence-corrected chi connectivity index (χ0v) is 12.4. The minimum absolute atomic E-state index is 0.0611. The van der Waals surface area contributed by atoms with Crippen LogP contribution in [-0.2, 0) is 11.4 Å². The summed E-state index contributed by atoms with van der Waals surface area (Å²) in [6, 6.07) is 22.5. The van der Waals surface area contributed by atoms with Gasteiger partial charge in [-0.2, -0.15) is 0 Å². The van der Waals surface area contributed by atoms with E-state index in [0.717, 1.165) is 29.0 Å². The third kappa shape index (κ3) is 3.71. The molecule has 0 fully saturated rings. The molecule has 0 saturated heterocycles. The number of benzene rings is 3. The van der Waals surface area contributed by atoms with Crippen molar-refractivity contribution >= 4 is 16.7 Å². The first kappa shape index (κ1) is 15.7. The molecule has 0 spiro atoms. The highest BCUT2D eigenvalue weighted by molar-refractivity contribution is 5.91. The lowest BCUT2D eigenvalue weighted by atomic mass is 9.95. The number of carboxylic acids is 1. The molecule has 0 aliphatic rings. The highest BCUT2D eigenvalue weighted by Crippen LogP contribution is 2.30.